The maximum Gasteiger partial charge on any atom is 0.200 e. The maximum absolute atomic E-state index is 12.1. The average Bonchev–Trinajstić information content (AvgIpc) is 2.63. The third-order valence-electron chi connectivity index (χ3n) is 3.88. The molecule has 1 saturated heterocycles. The molecule has 0 bridgehead atoms. The fourth-order valence-corrected chi connectivity index (χ4v) is 4.31. The van der Waals surface area contributed by atoms with Crippen molar-refractivity contribution in [2.24, 2.45) is 0 Å². The van der Waals surface area contributed by atoms with Gasteiger partial charge >= 0.3 is 0 Å². The molecular formula is C14H17ClN2O2S. The van der Waals surface area contributed by atoms with Crippen LogP contribution in [-0.2, 0) is 9.84 Å². The molecule has 20 heavy (non-hydrogen) atoms. The van der Waals surface area contributed by atoms with E-state index < -0.39 is 9.84 Å². The van der Waals surface area contributed by atoms with E-state index in [1.54, 1.807) is 18.2 Å². The van der Waals surface area contributed by atoms with Gasteiger partial charge < -0.3 is 4.90 Å². The van der Waals surface area contributed by atoms with E-state index >= 15 is 0 Å². The Bertz CT molecular complexity index is 662. The molecule has 0 saturated carbocycles. The lowest BCUT2D eigenvalue weighted by molar-refractivity contribution is 0.168. The van der Waals surface area contributed by atoms with Gasteiger partial charge in [-0.1, -0.05) is 11.6 Å². The Morgan fingerprint density at radius 2 is 1.90 bits per heavy atom. The smallest absolute Gasteiger partial charge is 0.200 e. The Kier molecular flexibility index (Phi) is 3.62. The highest BCUT2D eigenvalue weighted by Gasteiger charge is 2.28. The maximum atomic E-state index is 12.1. The number of piperazine rings is 1. The Labute approximate surface area is 124 Å². The molecule has 2 aliphatic rings. The zero-order chi connectivity index (χ0) is 14.3. The Hall–Kier alpha value is -0.880. The summed E-state index contributed by atoms with van der Waals surface area (Å²) in [6, 6.07) is 4.98. The molecule has 0 spiro atoms. The van der Waals surface area contributed by atoms with E-state index in [9.17, 15) is 8.42 Å². The molecule has 108 valence electrons. The first kappa shape index (κ1) is 14.1. The van der Waals surface area contributed by atoms with Crippen LogP contribution in [0.25, 0.3) is 5.57 Å². The van der Waals surface area contributed by atoms with E-state index in [4.69, 9.17) is 11.6 Å². The highest BCUT2D eigenvalue weighted by molar-refractivity contribution is 7.95. The molecule has 1 aromatic rings. The van der Waals surface area contributed by atoms with Gasteiger partial charge in [-0.05, 0) is 30.8 Å². The molecule has 0 unspecified atom stereocenters. The number of rotatable bonds is 2. The summed E-state index contributed by atoms with van der Waals surface area (Å²) in [6.07, 6.45) is 0. The summed E-state index contributed by atoms with van der Waals surface area (Å²) in [5, 5.41) is 1.97. The van der Waals surface area contributed by atoms with E-state index in [0.717, 1.165) is 37.3 Å². The largest absolute Gasteiger partial charge is 0.304 e. The number of benzene rings is 1. The molecule has 1 aromatic carbocycles. The summed E-state index contributed by atoms with van der Waals surface area (Å²) in [5.74, 6) is 0. The molecule has 0 aromatic heterocycles. The fourth-order valence-electron chi connectivity index (χ4n) is 2.68. The zero-order valence-electron chi connectivity index (χ0n) is 11.3. The molecular weight excluding hydrogens is 296 g/mol. The van der Waals surface area contributed by atoms with Gasteiger partial charge in [0.15, 0.2) is 0 Å². The van der Waals surface area contributed by atoms with Gasteiger partial charge in [0.1, 0.15) is 0 Å². The van der Waals surface area contributed by atoms with Crippen LogP contribution in [0, 0.1) is 0 Å². The molecule has 0 amide bonds. The van der Waals surface area contributed by atoms with E-state index in [1.807, 2.05) is 0 Å². The van der Waals surface area contributed by atoms with Gasteiger partial charge in [-0.2, -0.15) is 0 Å². The SMILES string of the molecule is CN1CCN(CC2=CS(=O)(=O)c3ccc(Cl)cc32)CC1. The van der Waals surface area contributed by atoms with Crippen LogP contribution in [-0.4, -0.2) is 58.0 Å². The number of hydrogen-bond acceptors (Lipinski definition) is 4. The second-order valence-corrected chi connectivity index (χ2v) is 7.61. The zero-order valence-corrected chi connectivity index (χ0v) is 12.9. The first-order valence-corrected chi connectivity index (χ1v) is 8.55. The monoisotopic (exact) mass is 312 g/mol. The van der Waals surface area contributed by atoms with E-state index in [0.29, 0.717) is 16.5 Å². The summed E-state index contributed by atoms with van der Waals surface area (Å²) in [5.41, 5.74) is 1.61. The first-order valence-electron chi connectivity index (χ1n) is 6.62. The Balaban J connectivity index is 1.87. The highest BCUT2D eigenvalue weighted by Crippen LogP contribution is 2.35. The molecule has 0 atom stereocenters. The summed E-state index contributed by atoms with van der Waals surface area (Å²) >= 11 is 6.00. The number of likely N-dealkylation sites (N-methyl/N-ethyl adjacent to an activating group) is 1. The van der Waals surface area contributed by atoms with Gasteiger partial charge in [-0.25, -0.2) is 8.42 Å². The van der Waals surface area contributed by atoms with Crippen molar-refractivity contribution in [1.82, 2.24) is 9.80 Å². The highest BCUT2D eigenvalue weighted by atomic mass is 35.5. The Morgan fingerprint density at radius 3 is 2.60 bits per heavy atom. The quantitative estimate of drug-likeness (QED) is 0.834. The number of hydrogen-bond donors (Lipinski definition) is 0. The molecule has 4 nitrogen and oxygen atoms in total. The first-order chi connectivity index (χ1) is 9.45. The number of nitrogens with zero attached hydrogens (tertiary/aromatic N) is 2. The van der Waals surface area contributed by atoms with Crippen molar-refractivity contribution in [3.8, 4) is 0 Å². The topological polar surface area (TPSA) is 40.6 Å². The lowest BCUT2D eigenvalue weighted by Gasteiger charge is -2.32. The van der Waals surface area contributed by atoms with Gasteiger partial charge in [0.25, 0.3) is 0 Å². The summed E-state index contributed by atoms with van der Waals surface area (Å²) < 4.78 is 24.2. The number of sulfone groups is 1. The van der Waals surface area contributed by atoms with Crippen molar-refractivity contribution in [2.45, 2.75) is 4.90 Å². The van der Waals surface area contributed by atoms with Crippen molar-refractivity contribution in [3.05, 3.63) is 34.2 Å². The van der Waals surface area contributed by atoms with E-state index in [-0.39, 0.29) is 0 Å². The van der Waals surface area contributed by atoms with Crippen molar-refractivity contribution in [2.75, 3.05) is 39.8 Å². The minimum Gasteiger partial charge on any atom is -0.304 e. The third-order valence-corrected chi connectivity index (χ3v) is 5.68. The van der Waals surface area contributed by atoms with Crippen LogP contribution in [0.15, 0.2) is 28.5 Å². The van der Waals surface area contributed by atoms with Gasteiger partial charge in [-0.15, -0.1) is 0 Å². The molecule has 2 aliphatic heterocycles. The van der Waals surface area contributed by atoms with Crippen molar-refractivity contribution in [3.63, 3.8) is 0 Å². The fraction of sp³-hybridized carbons (Fsp3) is 0.429. The summed E-state index contributed by atoms with van der Waals surface area (Å²) in [6.45, 7) is 4.62. The lowest BCUT2D eigenvalue weighted by Crippen LogP contribution is -2.44. The van der Waals surface area contributed by atoms with Crippen molar-refractivity contribution >= 4 is 27.0 Å². The summed E-state index contributed by atoms with van der Waals surface area (Å²) in [7, 11) is -1.19. The van der Waals surface area contributed by atoms with Crippen LogP contribution in [0.3, 0.4) is 0 Å². The van der Waals surface area contributed by atoms with Crippen LogP contribution in [0.5, 0.6) is 0 Å². The Morgan fingerprint density at radius 1 is 1.20 bits per heavy atom. The minimum atomic E-state index is -3.29. The standard InChI is InChI=1S/C14H17ClN2O2S/c1-16-4-6-17(7-5-16)9-11-10-20(18,19)14-3-2-12(15)8-13(11)14/h2-3,8,10H,4-7,9H2,1H3. The second-order valence-electron chi connectivity index (χ2n) is 5.41. The predicted molar refractivity (Wildman–Crippen MR) is 80.6 cm³/mol. The predicted octanol–water partition coefficient (Wildman–Crippen LogP) is 1.72. The van der Waals surface area contributed by atoms with Crippen LogP contribution in [0.4, 0.5) is 0 Å². The van der Waals surface area contributed by atoms with E-state index in [1.165, 1.54) is 5.41 Å². The van der Waals surface area contributed by atoms with Gasteiger partial charge in [0, 0.05) is 48.7 Å². The molecule has 6 heteroatoms. The molecule has 0 aliphatic carbocycles. The molecule has 0 radical (unpaired) electrons. The van der Waals surface area contributed by atoms with Crippen LogP contribution < -0.4 is 0 Å². The second kappa shape index (κ2) is 5.15. The van der Waals surface area contributed by atoms with Crippen molar-refractivity contribution < 1.29 is 8.42 Å². The molecule has 0 N–H and O–H groups in total. The van der Waals surface area contributed by atoms with E-state index in [2.05, 4.69) is 16.8 Å². The average molecular weight is 313 g/mol. The summed E-state index contributed by atoms with van der Waals surface area (Å²) in [4.78, 5) is 4.95. The minimum absolute atomic E-state index is 0.381. The molecule has 3 rings (SSSR count). The number of fused-ring (bicyclic) bond motifs is 1. The van der Waals surface area contributed by atoms with Crippen LogP contribution >= 0.6 is 11.6 Å². The molecule has 2 heterocycles. The van der Waals surface area contributed by atoms with Crippen molar-refractivity contribution in [1.29, 1.82) is 0 Å². The normalized spacial score (nSPS) is 22.6. The third kappa shape index (κ3) is 2.63. The van der Waals surface area contributed by atoms with Crippen LogP contribution in [0.1, 0.15) is 5.56 Å². The molecule has 1 fully saturated rings. The van der Waals surface area contributed by atoms with Gasteiger partial charge in [0.05, 0.1) is 4.90 Å². The van der Waals surface area contributed by atoms with Gasteiger partial charge in [-0.3, -0.25) is 4.90 Å². The lowest BCUT2D eigenvalue weighted by atomic mass is 10.1. The number of halogens is 1. The van der Waals surface area contributed by atoms with Crippen LogP contribution in [0.2, 0.25) is 5.02 Å². The van der Waals surface area contributed by atoms with Gasteiger partial charge in [0.2, 0.25) is 9.84 Å².